The summed E-state index contributed by atoms with van der Waals surface area (Å²) in [4.78, 5) is 14.3. The predicted molar refractivity (Wildman–Crippen MR) is 199 cm³/mol. The number of fused-ring (bicyclic) bond motifs is 2. The Morgan fingerprint density at radius 2 is 1.15 bits per heavy atom. The number of halogens is 2. The maximum atomic E-state index is 14.3. The van der Waals surface area contributed by atoms with E-state index in [9.17, 15) is 15.0 Å². The van der Waals surface area contributed by atoms with Gasteiger partial charge in [0.25, 0.3) is 0 Å². The summed E-state index contributed by atoms with van der Waals surface area (Å²) < 4.78 is 18.9. The van der Waals surface area contributed by atoms with Gasteiger partial charge in [-0.25, -0.2) is 0 Å². The van der Waals surface area contributed by atoms with Crippen molar-refractivity contribution < 1.29 is 24.1 Å². The molecule has 0 bridgehead atoms. The van der Waals surface area contributed by atoms with Crippen LogP contribution in [0.1, 0.15) is 109 Å². The van der Waals surface area contributed by atoms with Gasteiger partial charge in [-0.3, -0.25) is 4.79 Å². The number of allylic oxidation sites excluding steroid dienone is 4. The first-order chi connectivity index (χ1) is 22.2. The predicted octanol–water partition coefficient (Wildman–Crippen LogP) is 10.6. The molecule has 0 aliphatic rings. The van der Waals surface area contributed by atoms with Crippen LogP contribution in [-0.4, -0.2) is 34.1 Å². The normalized spacial score (nSPS) is 11.3. The number of hydrogen-bond acceptors (Lipinski definition) is 6. The molecule has 46 heavy (non-hydrogen) atoms. The minimum atomic E-state index is -0.323. The molecule has 0 fully saturated rings. The number of hydrogen-bond donors (Lipinski definition) is 2. The maximum Gasteiger partial charge on any atom is 0.204 e. The smallest absolute Gasteiger partial charge is 0.204 e. The number of rotatable bonds is 21. The Kier molecular flexibility index (Phi) is 16.7. The highest BCUT2D eigenvalue weighted by molar-refractivity contribution is 9.09. The fraction of sp³-hybridized carbons (Fsp3) is 0.553. The Morgan fingerprint density at radius 1 is 0.696 bits per heavy atom. The molecule has 0 amide bonds. The van der Waals surface area contributed by atoms with Crippen molar-refractivity contribution >= 4 is 53.8 Å². The Morgan fingerprint density at radius 3 is 1.65 bits per heavy atom. The van der Waals surface area contributed by atoms with E-state index < -0.39 is 0 Å². The number of phenolic OH excluding ortho intramolecular Hbond substituents is 1. The summed E-state index contributed by atoms with van der Waals surface area (Å²) in [5.41, 5.74) is 4.32. The molecule has 6 nitrogen and oxygen atoms in total. The lowest BCUT2D eigenvalue weighted by Gasteiger charge is -2.18. The third kappa shape index (κ3) is 10.9. The molecule has 254 valence electrons. The van der Waals surface area contributed by atoms with E-state index in [-0.39, 0.29) is 28.8 Å². The van der Waals surface area contributed by atoms with E-state index in [0.717, 1.165) is 66.8 Å². The van der Waals surface area contributed by atoms with Gasteiger partial charge in [0, 0.05) is 33.9 Å². The van der Waals surface area contributed by atoms with Gasteiger partial charge < -0.3 is 24.1 Å². The first-order valence-electron chi connectivity index (χ1n) is 16.8. The van der Waals surface area contributed by atoms with Gasteiger partial charge in [-0.15, -0.1) is 0 Å². The molecule has 3 aromatic rings. The lowest BCUT2D eigenvalue weighted by molar-refractivity contribution is 0.259. The summed E-state index contributed by atoms with van der Waals surface area (Å²) in [6, 6.07) is 3.47. The molecule has 1 heterocycles. The first kappa shape index (κ1) is 38.2. The minimum Gasteiger partial charge on any atom is -0.507 e. The molecule has 3 rings (SSSR count). The largest absolute Gasteiger partial charge is 0.507 e. The molecule has 0 atom stereocenters. The molecule has 2 N–H and O–H groups in total. The lowest BCUT2D eigenvalue weighted by atomic mass is 9.95. The van der Waals surface area contributed by atoms with E-state index in [1.54, 1.807) is 12.1 Å². The van der Waals surface area contributed by atoms with E-state index in [1.807, 2.05) is 39.8 Å². The molecule has 0 saturated heterocycles. The van der Waals surface area contributed by atoms with Gasteiger partial charge in [0.1, 0.15) is 33.8 Å². The third-order valence-corrected chi connectivity index (χ3v) is 9.25. The molecule has 8 heteroatoms. The quantitative estimate of drug-likeness (QED) is 0.0486. The highest BCUT2D eigenvalue weighted by Gasteiger charge is 2.23. The van der Waals surface area contributed by atoms with Crippen molar-refractivity contribution in [1.29, 1.82) is 0 Å². The number of unbranched alkanes of at least 4 members (excludes halogenated alkanes) is 8. The molecule has 2 aromatic carbocycles. The molecular formula is C38H52Br2O6. The Hall–Kier alpha value is -2.29. The molecule has 0 aliphatic heterocycles. The van der Waals surface area contributed by atoms with Gasteiger partial charge in [0.15, 0.2) is 0 Å². The number of ether oxygens (including phenoxy) is 2. The molecule has 0 spiro atoms. The summed E-state index contributed by atoms with van der Waals surface area (Å²) in [6.45, 7) is 8.75. The van der Waals surface area contributed by atoms with Crippen molar-refractivity contribution in [3.05, 3.63) is 62.3 Å². The van der Waals surface area contributed by atoms with Crippen LogP contribution >= 0.6 is 31.9 Å². The molecule has 0 saturated carbocycles. The van der Waals surface area contributed by atoms with Crippen LogP contribution in [0.3, 0.4) is 0 Å². The van der Waals surface area contributed by atoms with Crippen molar-refractivity contribution in [2.75, 3.05) is 23.9 Å². The first-order valence-corrected chi connectivity index (χ1v) is 19.0. The summed E-state index contributed by atoms with van der Waals surface area (Å²) in [6.07, 6.45) is 15.8. The molecular weight excluding hydrogens is 712 g/mol. The molecule has 0 radical (unpaired) electrons. The van der Waals surface area contributed by atoms with Crippen LogP contribution < -0.4 is 14.9 Å². The lowest BCUT2D eigenvalue weighted by Crippen LogP contribution is -2.11. The van der Waals surface area contributed by atoms with Crippen LogP contribution in [0.4, 0.5) is 0 Å². The van der Waals surface area contributed by atoms with Gasteiger partial charge in [0.05, 0.1) is 25.2 Å². The molecule has 1 aromatic heterocycles. The van der Waals surface area contributed by atoms with Crippen molar-refractivity contribution in [2.45, 2.75) is 111 Å². The number of benzene rings is 2. The fourth-order valence-corrected chi connectivity index (χ4v) is 6.34. The van der Waals surface area contributed by atoms with E-state index in [1.165, 1.54) is 19.3 Å². The van der Waals surface area contributed by atoms with E-state index in [4.69, 9.17) is 13.9 Å². The zero-order valence-corrected chi connectivity index (χ0v) is 31.3. The molecule has 0 aliphatic carbocycles. The van der Waals surface area contributed by atoms with E-state index in [0.29, 0.717) is 65.2 Å². The summed E-state index contributed by atoms with van der Waals surface area (Å²) in [5.74, 6) is 0.936. The van der Waals surface area contributed by atoms with Crippen molar-refractivity contribution in [1.82, 2.24) is 0 Å². The van der Waals surface area contributed by atoms with Crippen LogP contribution in [0.2, 0.25) is 0 Å². The highest BCUT2D eigenvalue weighted by atomic mass is 79.9. The number of aromatic hydroxyl groups is 1. The highest BCUT2D eigenvalue weighted by Crippen LogP contribution is 2.39. The van der Waals surface area contributed by atoms with Crippen molar-refractivity contribution in [2.24, 2.45) is 0 Å². The van der Waals surface area contributed by atoms with Gasteiger partial charge >= 0.3 is 0 Å². The standard InChI is InChI=1S/C38H52Br2O6/c1-26(2)15-17-28-30(25-41)32(45-22-14-10-6-8-12-20-40)24-33-35(28)38(43)36-34(46-33)23-31(29(37(36)42)18-16-27(3)4)44-21-13-9-5-7-11-19-39/h15-16,23-24,41-42H,5-14,17-22,25H2,1-4H3. The van der Waals surface area contributed by atoms with Crippen LogP contribution in [-0.2, 0) is 19.4 Å². The Balaban J connectivity index is 2.10. The van der Waals surface area contributed by atoms with Gasteiger partial charge in [-0.05, 0) is 71.8 Å². The second kappa shape index (κ2) is 20.2. The van der Waals surface area contributed by atoms with E-state index >= 15 is 0 Å². The van der Waals surface area contributed by atoms with Gasteiger partial charge in [0.2, 0.25) is 5.43 Å². The van der Waals surface area contributed by atoms with Gasteiger partial charge in [-0.2, -0.15) is 0 Å². The second-order valence-corrected chi connectivity index (χ2v) is 14.0. The van der Waals surface area contributed by atoms with Crippen LogP contribution in [0, 0.1) is 0 Å². The van der Waals surface area contributed by atoms with Crippen LogP contribution in [0.25, 0.3) is 21.9 Å². The summed E-state index contributed by atoms with van der Waals surface area (Å²) in [5, 5.41) is 24.7. The number of alkyl halides is 2. The second-order valence-electron chi connectivity index (χ2n) is 12.5. The van der Waals surface area contributed by atoms with Gasteiger partial charge in [-0.1, -0.05) is 93.7 Å². The topological polar surface area (TPSA) is 89.1 Å². The van der Waals surface area contributed by atoms with Crippen LogP contribution in [0.15, 0.2) is 44.6 Å². The SMILES string of the molecule is CC(C)=CCc1c(OCCCCCCCBr)cc2oc3cc(OCCCCCCCBr)c(CO)c(CC=C(C)C)c3c(=O)c2c1O. The number of phenols is 1. The van der Waals surface area contributed by atoms with Crippen LogP contribution in [0.5, 0.6) is 17.2 Å². The fourth-order valence-electron chi connectivity index (χ4n) is 5.55. The monoisotopic (exact) mass is 762 g/mol. The average molecular weight is 765 g/mol. The Labute approximate surface area is 291 Å². The minimum absolute atomic E-state index is 0.114. The maximum absolute atomic E-state index is 14.3. The van der Waals surface area contributed by atoms with E-state index in [2.05, 4.69) is 31.9 Å². The Bertz CT molecular complexity index is 1530. The number of aliphatic hydroxyl groups excluding tert-OH is 1. The summed E-state index contributed by atoms with van der Waals surface area (Å²) in [7, 11) is 0. The molecule has 0 unspecified atom stereocenters. The summed E-state index contributed by atoms with van der Waals surface area (Å²) >= 11 is 6.97. The average Bonchev–Trinajstić information content (AvgIpc) is 3.01. The number of aliphatic hydroxyl groups is 1. The third-order valence-electron chi connectivity index (χ3n) is 8.13. The van der Waals surface area contributed by atoms with Crippen molar-refractivity contribution in [3.8, 4) is 17.2 Å². The van der Waals surface area contributed by atoms with Crippen molar-refractivity contribution in [3.63, 3.8) is 0 Å². The zero-order chi connectivity index (χ0) is 33.5. The zero-order valence-electron chi connectivity index (χ0n) is 28.1.